The van der Waals surface area contributed by atoms with Crippen LogP contribution in [0.15, 0.2) is 0 Å². The molecule has 0 bridgehead atoms. The number of hydrogen-bond donors (Lipinski definition) is 2. The van der Waals surface area contributed by atoms with Gasteiger partial charge in [-0.25, -0.2) is 0 Å². The first-order valence-electron chi connectivity index (χ1n) is 11.0. The van der Waals surface area contributed by atoms with E-state index in [9.17, 15) is 14.7 Å². The van der Waals surface area contributed by atoms with Crippen molar-refractivity contribution in [3.63, 3.8) is 0 Å². The number of carboxylic acid groups (broad SMARTS) is 2. The van der Waals surface area contributed by atoms with Gasteiger partial charge in [0.2, 0.25) is 5.91 Å². The number of piperidine rings is 1. The van der Waals surface area contributed by atoms with Crippen molar-refractivity contribution in [3.8, 4) is 0 Å². The average Bonchev–Trinajstić information content (AvgIpc) is 3.15. The molecule has 0 saturated carbocycles. The average molecular weight is 427 g/mol. The summed E-state index contributed by atoms with van der Waals surface area (Å²) in [6.45, 7) is 5.55. The van der Waals surface area contributed by atoms with Gasteiger partial charge >= 0.3 is 5.97 Å². The summed E-state index contributed by atoms with van der Waals surface area (Å²) in [5, 5.41) is 16.8. The number of amides is 1. The van der Waals surface area contributed by atoms with Crippen LogP contribution in [0.5, 0.6) is 0 Å². The van der Waals surface area contributed by atoms with Crippen LogP contribution in [-0.2, 0) is 23.9 Å². The third-order valence-electron chi connectivity index (χ3n) is 7.33. The molecule has 4 fully saturated rings. The van der Waals surface area contributed by atoms with Gasteiger partial charge in [0.25, 0.3) is 6.47 Å². The molecule has 9 heteroatoms. The summed E-state index contributed by atoms with van der Waals surface area (Å²) in [7, 11) is 0. The van der Waals surface area contributed by atoms with Crippen molar-refractivity contribution in [2.45, 2.75) is 44.6 Å². The Balaban J connectivity index is 0.000000806. The van der Waals surface area contributed by atoms with E-state index in [1.807, 2.05) is 4.90 Å². The molecule has 1 spiro atoms. The molecule has 1 atom stereocenters. The van der Waals surface area contributed by atoms with Crippen molar-refractivity contribution in [2.24, 2.45) is 17.3 Å². The van der Waals surface area contributed by atoms with Gasteiger partial charge in [-0.2, -0.15) is 0 Å². The molecule has 0 aromatic rings. The van der Waals surface area contributed by atoms with Gasteiger partial charge in [0.05, 0.1) is 5.92 Å². The molecule has 4 heterocycles. The molecule has 0 radical (unpaired) electrons. The number of nitrogens with zero attached hydrogens (tertiary/aromatic N) is 2. The second kappa shape index (κ2) is 10.5. The zero-order valence-corrected chi connectivity index (χ0v) is 17.5. The quantitative estimate of drug-likeness (QED) is 0.640. The highest BCUT2D eigenvalue weighted by molar-refractivity contribution is 5.81. The normalized spacial score (nSPS) is 28.0. The number of carbonyl (C=O) groups is 3. The number of ether oxygens (including phenoxy) is 2. The molecule has 30 heavy (non-hydrogen) atoms. The first kappa shape index (κ1) is 23.0. The van der Waals surface area contributed by atoms with Crippen LogP contribution >= 0.6 is 0 Å². The first-order valence-corrected chi connectivity index (χ1v) is 11.0. The van der Waals surface area contributed by atoms with Gasteiger partial charge in [0.1, 0.15) is 0 Å². The lowest BCUT2D eigenvalue weighted by atomic mass is 9.70. The van der Waals surface area contributed by atoms with Crippen LogP contribution in [0.1, 0.15) is 38.5 Å². The van der Waals surface area contributed by atoms with E-state index in [-0.39, 0.29) is 23.7 Å². The molecule has 1 unspecified atom stereocenters. The highest BCUT2D eigenvalue weighted by Gasteiger charge is 2.53. The van der Waals surface area contributed by atoms with Crippen LogP contribution in [-0.4, -0.2) is 97.0 Å². The van der Waals surface area contributed by atoms with Gasteiger partial charge in [0, 0.05) is 56.9 Å². The smallest absolute Gasteiger partial charge is 0.308 e. The van der Waals surface area contributed by atoms with Crippen molar-refractivity contribution in [1.82, 2.24) is 9.80 Å². The Morgan fingerprint density at radius 1 is 0.967 bits per heavy atom. The van der Waals surface area contributed by atoms with Gasteiger partial charge < -0.3 is 29.5 Å². The molecule has 0 aliphatic carbocycles. The minimum absolute atomic E-state index is 0.00525. The van der Waals surface area contributed by atoms with Crippen LogP contribution in [0.4, 0.5) is 0 Å². The minimum Gasteiger partial charge on any atom is -0.483 e. The second-order valence-corrected chi connectivity index (χ2v) is 8.84. The van der Waals surface area contributed by atoms with Crippen molar-refractivity contribution < 1.29 is 34.1 Å². The number of carboxylic acids is 1. The lowest BCUT2D eigenvalue weighted by molar-refractivity contribution is -0.146. The van der Waals surface area contributed by atoms with Crippen LogP contribution in [0.3, 0.4) is 0 Å². The lowest BCUT2D eigenvalue weighted by Crippen LogP contribution is -2.50. The number of carbonyl (C=O) groups excluding carboxylic acids is 1. The van der Waals surface area contributed by atoms with Crippen LogP contribution in [0.25, 0.3) is 0 Å². The van der Waals surface area contributed by atoms with Gasteiger partial charge in [-0.05, 0) is 51.6 Å². The Morgan fingerprint density at radius 3 is 2.03 bits per heavy atom. The van der Waals surface area contributed by atoms with Crippen molar-refractivity contribution in [3.05, 3.63) is 0 Å². The van der Waals surface area contributed by atoms with E-state index in [4.69, 9.17) is 19.4 Å². The molecule has 4 saturated heterocycles. The fraction of sp³-hybridized carbons (Fsp3) is 0.857. The Hall–Kier alpha value is -1.71. The SMILES string of the molecule is O=C(O)C1CN(C(=O)C2CCOCC2)CC12CCN(C1CCOCC1)CC2.O=CO. The zero-order chi connectivity index (χ0) is 21.6. The van der Waals surface area contributed by atoms with Gasteiger partial charge in [0.15, 0.2) is 0 Å². The summed E-state index contributed by atoms with van der Waals surface area (Å²) in [5.74, 6) is -1.02. The first-order chi connectivity index (χ1) is 14.5. The second-order valence-electron chi connectivity index (χ2n) is 8.84. The Bertz CT molecular complexity index is 594. The van der Waals surface area contributed by atoms with Crippen LogP contribution in [0, 0.1) is 17.3 Å². The summed E-state index contributed by atoms with van der Waals surface area (Å²) < 4.78 is 10.8. The zero-order valence-electron chi connectivity index (χ0n) is 17.5. The summed E-state index contributed by atoms with van der Waals surface area (Å²) >= 11 is 0. The number of rotatable bonds is 3. The number of hydrogen-bond acceptors (Lipinski definition) is 6. The third kappa shape index (κ3) is 5.12. The maximum absolute atomic E-state index is 13.0. The molecule has 0 aromatic heterocycles. The molecule has 2 N–H and O–H groups in total. The highest BCUT2D eigenvalue weighted by atomic mass is 16.5. The van der Waals surface area contributed by atoms with Crippen molar-refractivity contribution in [2.75, 3.05) is 52.6 Å². The fourth-order valence-corrected chi connectivity index (χ4v) is 5.57. The molecule has 4 rings (SSSR count). The van der Waals surface area contributed by atoms with E-state index in [1.54, 1.807) is 0 Å². The number of aliphatic carboxylic acids is 1. The minimum atomic E-state index is -0.739. The van der Waals surface area contributed by atoms with E-state index < -0.39 is 11.9 Å². The summed E-state index contributed by atoms with van der Waals surface area (Å²) in [5.41, 5.74) is -0.256. The predicted octanol–water partition coefficient (Wildman–Crippen LogP) is 0.918. The Labute approximate surface area is 177 Å². The highest BCUT2D eigenvalue weighted by Crippen LogP contribution is 2.46. The maximum Gasteiger partial charge on any atom is 0.308 e. The number of likely N-dealkylation sites (tertiary alicyclic amines) is 2. The summed E-state index contributed by atoms with van der Waals surface area (Å²) in [6, 6.07) is 0.570. The molecule has 1 amide bonds. The molecular formula is C21H34N2O7. The Kier molecular flexibility index (Phi) is 8.07. The topological polar surface area (TPSA) is 117 Å². The standard InChI is InChI=1S/C20H32N2O5.CH2O2/c23-18(15-1-9-26-10-2-15)22-13-17(19(24)25)20(14-22)5-7-21(8-6-20)16-3-11-27-12-4-16;2-1-3/h15-17H,1-14H2,(H,24,25);1H,(H,2,3). The van der Waals surface area contributed by atoms with E-state index in [2.05, 4.69) is 4.90 Å². The summed E-state index contributed by atoms with van der Waals surface area (Å²) in [4.78, 5) is 37.7. The molecule has 4 aliphatic heterocycles. The Morgan fingerprint density at radius 2 is 1.50 bits per heavy atom. The molecule has 170 valence electrons. The van der Waals surface area contributed by atoms with E-state index >= 15 is 0 Å². The largest absolute Gasteiger partial charge is 0.483 e. The van der Waals surface area contributed by atoms with Gasteiger partial charge in [-0.15, -0.1) is 0 Å². The molecular weight excluding hydrogens is 392 g/mol. The fourth-order valence-electron chi connectivity index (χ4n) is 5.57. The molecule has 0 aromatic carbocycles. The van der Waals surface area contributed by atoms with Crippen molar-refractivity contribution in [1.29, 1.82) is 0 Å². The maximum atomic E-state index is 13.0. The third-order valence-corrected chi connectivity index (χ3v) is 7.33. The van der Waals surface area contributed by atoms with E-state index in [0.29, 0.717) is 32.3 Å². The van der Waals surface area contributed by atoms with Crippen LogP contribution in [0.2, 0.25) is 0 Å². The van der Waals surface area contributed by atoms with Gasteiger partial charge in [-0.1, -0.05) is 0 Å². The molecule has 4 aliphatic rings. The monoisotopic (exact) mass is 426 g/mol. The van der Waals surface area contributed by atoms with E-state index in [0.717, 1.165) is 64.8 Å². The van der Waals surface area contributed by atoms with Gasteiger partial charge in [-0.3, -0.25) is 14.4 Å². The van der Waals surface area contributed by atoms with Crippen molar-refractivity contribution >= 4 is 18.3 Å². The molecule has 9 nitrogen and oxygen atoms in total. The lowest BCUT2D eigenvalue weighted by Gasteiger charge is -2.45. The van der Waals surface area contributed by atoms with E-state index in [1.165, 1.54) is 0 Å². The summed E-state index contributed by atoms with van der Waals surface area (Å²) in [6.07, 6.45) is 5.42. The predicted molar refractivity (Wildman–Crippen MR) is 107 cm³/mol. The van der Waals surface area contributed by atoms with Crippen LogP contribution < -0.4 is 0 Å².